The van der Waals surface area contributed by atoms with Crippen LogP contribution in [0.15, 0.2) is 89.3 Å². The summed E-state index contributed by atoms with van der Waals surface area (Å²) in [7, 11) is 0. The minimum absolute atomic E-state index is 0.531. The highest BCUT2D eigenvalue weighted by atomic mass is 32.2. The van der Waals surface area contributed by atoms with Gasteiger partial charge in [-0.05, 0) is 19.1 Å². The SMILES string of the molecule is Cc1ccc(OS(=O)N=C(c2ccccc2)c2ccccc2)cc1. The van der Waals surface area contributed by atoms with E-state index in [0.29, 0.717) is 11.5 Å². The van der Waals surface area contributed by atoms with E-state index < -0.39 is 11.3 Å². The molecule has 0 saturated carbocycles. The maximum Gasteiger partial charge on any atom is 0.339 e. The van der Waals surface area contributed by atoms with Crippen LogP contribution in [0, 0.1) is 6.92 Å². The van der Waals surface area contributed by atoms with Gasteiger partial charge < -0.3 is 4.18 Å². The summed E-state index contributed by atoms with van der Waals surface area (Å²) in [5, 5.41) is 0. The summed E-state index contributed by atoms with van der Waals surface area (Å²) >= 11 is -1.82. The summed E-state index contributed by atoms with van der Waals surface area (Å²) in [5.74, 6) is 0.531. The molecule has 0 heterocycles. The third-order valence-electron chi connectivity index (χ3n) is 3.45. The van der Waals surface area contributed by atoms with E-state index in [-0.39, 0.29) is 0 Å². The van der Waals surface area contributed by atoms with Crippen molar-refractivity contribution in [2.45, 2.75) is 6.92 Å². The van der Waals surface area contributed by atoms with Crippen molar-refractivity contribution in [3.63, 3.8) is 0 Å². The van der Waals surface area contributed by atoms with Gasteiger partial charge in [0.2, 0.25) is 0 Å². The van der Waals surface area contributed by atoms with Gasteiger partial charge in [-0.15, -0.1) is 0 Å². The zero-order valence-corrected chi connectivity index (χ0v) is 14.1. The molecule has 3 nitrogen and oxygen atoms in total. The van der Waals surface area contributed by atoms with Crippen LogP contribution in [0.3, 0.4) is 0 Å². The Bertz CT molecular complexity index is 802. The van der Waals surface area contributed by atoms with Crippen molar-refractivity contribution in [1.29, 1.82) is 0 Å². The molecule has 0 spiro atoms. The monoisotopic (exact) mass is 335 g/mol. The Morgan fingerprint density at radius 3 is 1.79 bits per heavy atom. The Labute approximate surface area is 144 Å². The summed E-state index contributed by atoms with van der Waals surface area (Å²) in [6, 6.07) is 26.7. The second-order valence-electron chi connectivity index (χ2n) is 5.29. The zero-order chi connectivity index (χ0) is 16.8. The smallest absolute Gasteiger partial charge is 0.339 e. The average molecular weight is 335 g/mol. The first-order chi connectivity index (χ1) is 11.7. The summed E-state index contributed by atoms with van der Waals surface area (Å²) < 4.78 is 22.1. The van der Waals surface area contributed by atoms with Crippen LogP contribution in [-0.4, -0.2) is 9.92 Å². The molecular weight excluding hydrogens is 318 g/mol. The molecule has 0 aliphatic carbocycles. The largest absolute Gasteiger partial charge is 0.384 e. The van der Waals surface area contributed by atoms with Gasteiger partial charge in [0.05, 0.1) is 5.71 Å². The fourth-order valence-corrected chi connectivity index (χ4v) is 2.91. The van der Waals surface area contributed by atoms with Crippen LogP contribution in [0.1, 0.15) is 16.7 Å². The molecule has 4 heteroatoms. The third-order valence-corrected chi connectivity index (χ3v) is 4.12. The fourth-order valence-electron chi connectivity index (χ4n) is 2.23. The van der Waals surface area contributed by atoms with E-state index in [2.05, 4.69) is 4.40 Å². The van der Waals surface area contributed by atoms with E-state index in [1.165, 1.54) is 0 Å². The van der Waals surface area contributed by atoms with Gasteiger partial charge in [-0.1, -0.05) is 78.4 Å². The Morgan fingerprint density at radius 2 is 1.29 bits per heavy atom. The first kappa shape index (κ1) is 16.1. The highest BCUT2D eigenvalue weighted by Gasteiger charge is 2.10. The second-order valence-corrected chi connectivity index (χ2v) is 6.07. The van der Waals surface area contributed by atoms with Crippen molar-refractivity contribution in [3.05, 3.63) is 102 Å². The van der Waals surface area contributed by atoms with Gasteiger partial charge >= 0.3 is 11.3 Å². The molecule has 120 valence electrons. The lowest BCUT2D eigenvalue weighted by molar-refractivity contribution is 0.564. The van der Waals surface area contributed by atoms with Crippen LogP contribution < -0.4 is 4.18 Å². The zero-order valence-electron chi connectivity index (χ0n) is 13.3. The third kappa shape index (κ3) is 4.18. The maximum atomic E-state index is 12.4. The quantitative estimate of drug-likeness (QED) is 0.644. The molecule has 0 bridgehead atoms. The predicted molar refractivity (Wildman–Crippen MR) is 98.5 cm³/mol. The molecule has 0 N–H and O–H groups in total. The normalized spacial score (nSPS) is 11.5. The summed E-state index contributed by atoms with van der Waals surface area (Å²) in [6.45, 7) is 1.99. The van der Waals surface area contributed by atoms with Crippen molar-refractivity contribution in [2.24, 2.45) is 4.40 Å². The second kappa shape index (κ2) is 7.70. The molecule has 1 atom stereocenters. The molecule has 1 unspecified atom stereocenters. The van der Waals surface area contributed by atoms with E-state index in [0.717, 1.165) is 16.7 Å². The van der Waals surface area contributed by atoms with E-state index in [1.54, 1.807) is 12.1 Å². The Balaban J connectivity index is 1.91. The average Bonchev–Trinajstić information content (AvgIpc) is 2.63. The predicted octanol–water partition coefficient (Wildman–Crippen LogP) is 4.49. The number of benzene rings is 3. The van der Waals surface area contributed by atoms with Crippen LogP contribution in [0.2, 0.25) is 0 Å². The molecule has 0 amide bonds. The molecule has 0 aromatic heterocycles. The molecule has 3 aromatic rings. The lowest BCUT2D eigenvalue weighted by atomic mass is 10.0. The maximum absolute atomic E-state index is 12.4. The van der Waals surface area contributed by atoms with Gasteiger partial charge in [0.1, 0.15) is 5.75 Å². The number of rotatable bonds is 5. The molecule has 3 rings (SSSR count). The minimum Gasteiger partial charge on any atom is -0.384 e. The summed E-state index contributed by atoms with van der Waals surface area (Å²) in [4.78, 5) is 0. The number of nitrogens with zero attached hydrogens (tertiary/aromatic N) is 1. The van der Waals surface area contributed by atoms with Crippen LogP contribution in [0.5, 0.6) is 5.75 Å². The van der Waals surface area contributed by atoms with Crippen LogP contribution in [0.4, 0.5) is 0 Å². The van der Waals surface area contributed by atoms with Gasteiger partial charge in [-0.3, -0.25) is 0 Å². The Morgan fingerprint density at radius 1 is 0.792 bits per heavy atom. The molecule has 0 radical (unpaired) electrons. The van der Waals surface area contributed by atoms with Gasteiger partial charge in [-0.2, -0.15) is 8.61 Å². The highest BCUT2D eigenvalue weighted by Crippen LogP contribution is 2.16. The molecular formula is C20H17NO2S. The standard InChI is InChI=1S/C20H17NO2S/c1-16-12-14-19(15-13-16)23-24(22)21-20(17-8-4-2-5-9-17)18-10-6-3-7-11-18/h2-15H,1H3. The number of aryl methyl sites for hydroxylation is 1. The van der Waals surface area contributed by atoms with Gasteiger partial charge in [0.15, 0.2) is 0 Å². The van der Waals surface area contributed by atoms with Crippen molar-refractivity contribution < 1.29 is 8.39 Å². The fraction of sp³-hybridized carbons (Fsp3) is 0.0500. The lowest BCUT2D eigenvalue weighted by Gasteiger charge is -2.07. The van der Waals surface area contributed by atoms with Crippen LogP contribution >= 0.6 is 0 Å². The van der Waals surface area contributed by atoms with Crippen molar-refractivity contribution >= 4 is 17.0 Å². The molecule has 24 heavy (non-hydrogen) atoms. The van der Waals surface area contributed by atoms with Crippen LogP contribution in [-0.2, 0) is 11.3 Å². The molecule has 0 aliphatic heterocycles. The van der Waals surface area contributed by atoms with Crippen LogP contribution in [0.25, 0.3) is 0 Å². The highest BCUT2D eigenvalue weighted by molar-refractivity contribution is 7.79. The number of hydrogen-bond donors (Lipinski definition) is 0. The van der Waals surface area contributed by atoms with Crippen molar-refractivity contribution in [3.8, 4) is 5.75 Å². The number of hydrogen-bond acceptors (Lipinski definition) is 2. The lowest BCUT2D eigenvalue weighted by Crippen LogP contribution is -2.07. The molecule has 3 aromatic carbocycles. The summed E-state index contributed by atoms with van der Waals surface area (Å²) in [5.41, 5.74) is 3.54. The molecule has 0 saturated heterocycles. The van der Waals surface area contributed by atoms with E-state index >= 15 is 0 Å². The molecule has 0 fully saturated rings. The van der Waals surface area contributed by atoms with Gasteiger partial charge in [-0.25, -0.2) is 0 Å². The van der Waals surface area contributed by atoms with E-state index in [9.17, 15) is 4.21 Å². The topological polar surface area (TPSA) is 38.7 Å². The minimum atomic E-state index is -1.82. The Hall–Kier alpha value is -2.72. The van der Waals surface area contributed by atoms with Gasteiger partial charge in [0, 0.05) is 11.1 Å². The molecule has 0 aliphatic rings. The Kier molecular flexibility index (Phi) is 5.18. The summed E-state index contributed by atoms with van der Waals surface area (Å²) in [6.07, 6.45) is 0. The van der Waals surface area contributed by atoms with E-state index in [4.69, 9.17) is 4.18 Å². The van der Waals surface area contributed by atoms with Crippen molar-refractivity contribution in [2.75, 3.05) is 0 Å². The van der Waals surface area contributed by atoms with Crippen molar-refractivity contribution in [1.82, 2.24) is 0 Å². The first-order valence-corrected chi connectivity index (χ1v) is 8.62. The van der Waals surface area contributed by atoms with E-state index in [1.807, 2.05) is 79.7 Å². The van der Waals surface area contributed by atoms with Gasteiger partial charge in [0.25, 0.3) is 0 Å². The first-order valence-electron chi connectivity index (χ1n) is 7.59.